The molecule has 0 amide bonds. The number of hydrogen-bond acceptors (Lipinski definition) is 4. The number of nitrogens with zero attached hydrogens (tertiary/aromatic N) is 2. The summed E-state index contributed by atoms with van der Waals surface area (Å²) in [6, 6.07) is 16.7. The van der Waals surface area contributed by atoms with Crippen molar-refractivity contribution >= 4 is 16.7 Å². The van der Waals surface area contributed by atoms with E-state index in [4.69, 9.17) is 9.97 Å². The molecule has 0 aliphatic rings. The molecule has 134 valence electrons. The quantitative estimate of drug-likeness (QED) is 0.665. The van der Waals surface area contributed by atoms with Gasteiger partial charge in [-0.1, -0.05) is 48.9 Å². The normalized spacial score (nSPS) is 13.0. The van der Waals surface area contributed by atoms with E-state index < -0.39 is 0 Å². The van der Waals surface area contributed by atoms with Crippen molar-refractivity contribution in [3.63, 3.8) is 0 Å². The minimum Gasteiger partial charge on any atom is -0.344 e. The van der Waals surface area contributed by atoms with Gasteiger partial charge >= 0.3 is 0 Å². The zero-order chi connectivity index (χ0) is 18.5. The molecule has 2 N–H and O–H groups in total. The molecule has 1 aromatic heterocycles. The fraction of sp³-hybridized carbons (Fsp3) is 0.273. The van der Waals surface area contributed by atoms with Crippen LogP contribution in [0.3, 0.4) is 0 Å². The second kappa shape index (κ2) is 8.11. The van der Waals surface area contributed by atoms with Crippen LogP contribution in [0.15, 0.2) is 60.3 Å². The molecule has 2 aromatic carbocycles. The van der Waals surface area contributed by atoms with Gasteiger partial charge in [0.1, 0.15) is 5.82 Å². The third-order valence-electron chi connectivity index (χ3n) is 4.25. The van der Waals surface area contributed by atoms with Gasteiger partial charge in [0.05, 0.1) is 5.52 Å². The third kappa shape index (κ3) is 4.27. The topological polar surface area (TPSA) is 49.8 Å². The fourth-order valence-corrected chi connectivity index (χ4v) is 2.99. The highest BCUT2D eigenvalue weighted by molar-refractivity contribution is 5.91. The molecule has 3 aromatic rings. The first-order chi connectivity index (χ1) is 12.6. The highest BCUT2D eigenvalue weighted by atomic mass is 15.0. The Labute approximate surface area is 155 Å². The first-order valence-corrected chi connectivity index (χ1v) is 9.09. The van der Waals surface area contributed by atoms with Crippen LogP contribution in [0.2, 0.25) is 0 Å². The number of para-hydroxylation sites is 1. The van der Waals surface area contributed by atoms with E-state index in [-0.39, 0.29) is 0 Å². The van der Waals surface area contributed by atoms with Crippen molar-refractivity contribution in [2.75, 3.05) is 11.9 Å². The van der Waals surface area contributed by atoms with Crippen LogP contribution in [0.4, 0.5) is 5.82 Å². The highest BCUT2D eigenvalue weighted by Crippen LogP contribution is 2.26. The lowest BCUT2D eigenvalue weighted by molar-refractivity contribution is 0.658. The molecule has 0 bridgehead atoms. The summed E-state index contributed by atoms with van der Waals surface area (Å²) in [6.45, 7) is 9.34. The van der Waals surface area contributed by atoms with Crippen molar-refractivity contribution in [3.8, 4) is 11.4 Å². The van der Waals surface area contributed by atoms with Gasteiger partial charge in [-0.25, -0.2) is 9.97 Å². The summed E-state index contributed by atoms with van der Waals surface area (Å²) in [5.41, 5.74) is 4.25. The van der Waals surface area contributed by atoms with E-state index in [0.717, 1.165) is 40.4 Å². The SMILES string of the molecule is CCNC(C)/C=C(\C)Nc1nc(-c2ccc(C)cc2)nc2ccccc12. The molecule has 4 heteroatoms. The van der Waals surface area contributed by atoms with E-state index in [1.165, 1.54) is 5.56 Å². The minimum absolute atomic E-state index is 0.303. The second-order valence-corrected chi connectivity index (χ2v) is 6.60. The Morgan fingerprint density at radius 3 is 2.54 bits per heavy atom. The molecule has 0 saturated carbocycles. The van der Waals surface area contributed by atoms with Gasteiger partial charge in [0, 0.05) is 22.7 Å². The van der Waals surface area contributed by atoms with Gasteiger partial charge in [-0.15, -0.1) is 0 Å². The van der Waals surface area contributed by atoms with Crippen molar-refractivity contribution in [2.24, 2.45) is 0 Å². The molecular weight excluding hydrogens is 320 g/mol. The minimum atomic E-state index is 0.303. The summed E-state index contributed by atoms with van der Waals surface area (Å²) in [5, 5.41) is 7.88. The molecule has 0 aliphatic heterocycles. The Morgan fingerprint density at radius 1 is 1.08 bits per heavy atom. The largest absolute Gasteiger partial charge is 0.344 e. The fourth-order valence-electron chi connectivity index (χ4n) is 2.99. The van der Waals surface area contributed by atoms with E-state index >= 15 is 0 Å². The Morgan fingerprint density at radius 2 is 1.81 bits per heavy atom. The molecule has 0 spiro atoms. The maximum atomic E-state index is 4.81. The number of aromatic nitrogens is 2. The first kappa shape index (κ1) is 18.1. The molecule has 0 aliphatic carbocycles. The Balaban J connectivity index is 2.01. The first-order valence-electron chi connectivity index (χ1n) is 9.09. The second-order valence-electron chi connectivity index (χ2n) is 6.60. The third-order valence-corrected chi connectivity index (χ3v) is 4.25. The van der Waals surface area contributed by atoms with Crippen LogP contribution in [0.5, 0.6) is 0 Å². The molecule has 0 radical (unpaired) electrons. The number of nitrogens with one attached hydrogen (secondary N) is 2. The number of allylic oxidation sites excluding steroid dienone is 1. The summed E-state index contributed by atoms with van der Waals surface area (Å²) >= 11 is 0. The van der Waals surface area contributed by atoms with Crippen LogP contribution in [-0.2, 0) is 0 Å². The predicted molar refractivity (Wildman–Crippen MR) is 110 cm³/mol. The summed E-state index contributed by atoms with van der Waals surface area (Å²) in [4.78, 5) is 9.56. The number of fused-ring (bicyclic) bond motifs is 1. The van der Waals surface area contributed by atoms with E-state index in [0.29, 0.717) is 6.04 Å². The van der Waals surface area contributed by atoms with Gasteiger partial charge < -0.3 is 10.6 Å². The van der Waals surface area contributed by atoms with Gasteiger partial charge in [-0.05, 0) is 45.5 Å². The molecule has 1 atom stereocenters. The van der Waals surface area contributed by atoms with Crippen LogP contribution >= 0.6 is 0 Å². The monoisotopic (exact) mass is 346 g/mol. The molecule has 3 rings (SSSR count). The number of aryl methyl sites for hydroxylation is 1. The summed E-state index contributed by atoms with van der Waals surface area (Å²) in [7, 11) is 0. The molecular formula is C22H26N4. The maximum Gasteiger partial charge on any atom is 0.162 e. The lowest BCUT2D eigenvalue weighted by Crippen LogP contribution is -2.24. The van der Waals surface area contributed by atoms with E-state index in [9.17, 15) is 0 Å². The van der Waals surface area contributed by atoms with Crippen molar-refractivity contribution in [2.45, 2.75) is 33.7 Å². The standard InChI is InChI=1S/C22H26N4/c1-5-23-16(3)14-17(4)24-22-19-8-6-7-9-20(19)25-21(26-22)18-12-10-15(2)11-13-18/h6-14,16,23H,5H2,1-4H3,(H,24,25,26)/b17-14+. The van der Waals surface area contributed by atoms with Crippen LogP contribution in [0.1, 0.15) is 26.3 Å². The van der Waals surface area contributed by atoms with Gasteiger partial charge in [0.2, 0.25) is 0 Å². The summed E-state index contributed by atoms with van der Waals surface area (Å²) in [5.74, 6) is 1.57. The molecule has 26 heavy (non-hydrogen) atoms. The molecule has 0 saturated heterocycles. The average molecular weight is 346 g/mol. The number of likely N-dealkylation sites (N-methyl/N-ethyl adjacent to an activating group) is 1. The van der Waals surface area contributed by atoms with E-state index in [1.807, 2.05) is 18.2 Å². The lowest BCUT2D eigenvalue weighted by Gasteiger charge is -2.13. The smallest absolute Gasteiger partial charge is 0.162 e. The van der Waals surface area contributed by atoms with Crippen molar-refractivity contribution < 1.29 is 0 Å². The Bertz CT molecular complexity index is 913. The van der Waals surface area contributed by atoms with Gasteiger partial charge in [0.25, 0.3) is 0 Å². The van der Waals surface area contributed by atoms with Crippen LogP contribution in [-0.4, -0.2) is 22.6 Å². The Hall–Kier alpha value is -2.72. The zero-order valence-electron chi connectivity index (χ0n) is 15.9. The zero-order valence-corrected chi connectivity index (χ0v) is 15.9. The number of benzene rings is 2. The van der Waals surface area contributed by atoms with Crippen molar-refractivity contribution in [1.82, 2.24) is 15.3 Å². The predicted octanol–water partition coefficient (Wildman–Crippen LogP) is 4.92. The maximum absolute atomic E-state index is 4.81. The number of rotatable bonds is 6. The average Bonchev–Trinajstić information content (AvgIpc) is 2.62. The van der Waals surface area contributed by atoms with Crippen molar-refractivity contribution in [1.29, 1.82) is 0 Å². The molecule has 0 fully saturated rings. The molecule has 1 heterocycles. The van der Waals surface area contributed by atoms with Gasteiger partial charge in [-0.2, -0.15) is 0 Å². The van der Waals surface area contributed by atoms with Gasteiger partial charge in [-0.3, -0.25) is 0 Å². The highest BCUT2D eigenvalue weighted by Gasteiger charge is 2.10. The van der Waals surface area contributed by atoms with E-state index in [1.54, 1.807) is 0 Å². The molecule has 1 unspecified atom stereocenters. The lowest BCUT2D eigenvalue weighted by atomic mass is 10.1. The number of hydrogen-bond donors (Lipinski definition) is 2. The Kier molecular flexibility index (Phi) is 5.64. The summed E-state index contributed by atoms with van der Waals surface area (Å²) in [6.07, 6.45) is 2.17. The van der Waals surface area contributed by atoms with Crippen LogP contribution in [0.25, 0.3) is 22.3 Å². The number of anilines is 1. The van der Waals surface area contributed by atoms with Crippen LogP contribution < -0.4 is 10.6 Å². The molecule has 4 nitrogen and oxygen atoms in total. The van der Waals surface area contributed by atoms with Crippen molar-refractivity contribution in [3.05, 3.63) is 65.9 Å². The summed E-state index contributed by atoms with van der Waals surface area (Å²) < 4.78 is 0. The van der Waals surface area contributed by atoms with Crippen LogP contribution in [0, 0.1) is 6.92 Å². The van der Waals surface area contributed by atoms with E-state index in [2.05, 4.69) is 74.7 Å². The van der Waals surface area contributed by atoms with Gasteiger partial charge in [0.15, 0.2) is 5.82 Å².